The molecule has 2 N–H and O–H groups in total. The fraction of sp³-hybridized carbons (Fsp3) is 0.167. The van der Waals surface area contributed by atoms with Crippen LogP contribution < -0.4 is 16.2 Å². The van der Waals surface area contributed by atoms with Gasteiger partial charge in [0.15, 0.2) is 0 Å². The van der Waals surface area contributed by atoms with Gasteiger partial charge in [0.05, 0.1) is 24.9 Å². The van der Waals surface area contributed by atoms with Crippen molar-refractivity contribution in [2.75, 3.05) is 12.8 Å². The minimum atomic E-state index is -0.371. The highest BCUT2D eigenvalue weighted by molar-refractivity contribution is 6.30. The lowest BCUT2D eigenvalue weighted by Crippen LogP contribution is -2.22. The van der Waals surface area contributed by atoms with Crippen molar-refractivity contribution >= 4 is 17.3 Å². The monoisotopic (exact) mass is 265 g/mol. The number of methoxy groups -OCH3 is 1. The van der Waals surface area contributed by atoms with E-state index in [0.29, 0.717) is 23.0 Å². The molecule has 0 atom stereocenters. The third-order valence-electron chi connectivity index (χ3n) is 2.47. The molecule has 94 valence electrons. The van der Waals surface area contributed by atoms with E-state index in [9.17, 15) is 4.79 Å². The van der Waals surface area contributed by atoms with Gasteiger partial charge in [-0.05, 0) is 18.2 Å². The highest BCUT2D eigenvalue weighted by Gasteiger charge is 2.06. The summed E-state index contributed by atoms with van der Waals surface area (Å²) in [7, 11) is 1.56. The molecule has 0 saturated heterocycles. The minimum Gasteiger partial charge on any atom is -0.496 e. The van der Waals surface area contributed by atoms with Crippen LogP contribution in [0.3, 0.4) is 0 Å². The first-order chi connectivity index (χ1) is 8.60. The number of halogens is 1. The van der Waals surface area contributed by atoms with Crippen molar-refractivity contribution in [2.24, 2.45) is 0 Å². The molecule has 1 aromatic carbocycles. The molecule has 0 aliphatic heterocycles. The van der Waals surface area contributed by atoms with Gasteiger partial charge >= 0.3 is 5.69 Å². The standard InChI is InChI=1S/C12H12ClN3O2/c1-18-11-3-2-10(14)4-8(11)6-16-7-9(13)5-15-12(16)17/h2-5,7H,6,14H2,1H3. The molecule has 0 amide bonds. The molecule has 0 unspecified atom stereocenters. The maximum absolute atomic E-state index is 11.6. The Morgan fingerprint density at radius 1 is 1.50 bits per heavy atom. The van der Waals surface area contributed by atoms with E-state index < -0.39 is 0 Å². The third-order valence-corrected chi connectivity index (χ3v) is 2.66. The first-order valence-electron chi connectivity index (χ1n) is 5.24. The van der Waals surface area contributed by atoms with E-state index in [1.54, 1.807) is 25.3 Å². The van der Waals surface area contributed by atoms with Gasteiger partial charge in [0.1, 0.15) is 5.75 Å². The van der Waals surface area contributed by atoms with Gasteiger partial charge in [0.2, 0.25) is 0 Å². The summed E-state index contributed by atoms with van der Waals surface area (Å²) in [5.74, 6) is 0.663. The Kier molecular flexibility index (Phi) is 3.53. The Morgan fingerprint density at radius 2 is 2.28 bits per heavy atom. The molecule has 18 heavy (non-hydrogen) atoms. The average molecular weight is 266 g/mol. The highest BCUT2D eigenvalue weighted by atomic mass is 35.5. The van der Waals surface area contributed by atoms with Crippen molar-refractivity contribution in [3.05, 3.63) is 51.7 Å². The van der Waals surface area contributed by atoms with Crippen LogP contribution in [0.2, 0.25) is 5.02 Å². The molecular weight excluding hydrogens is 254 g/mol. The predicted molar refractivity (Wildman–Crippen MR) is 70.0 cm³/mol. The number of nitrogen functional groups attached to an aromatic ring is 1. The van der Waals surface area contributed by atoms with E-state index in [4.69, 9.17) is 22.1 Å². The number of anilines is 1. The van der Waals surface area contributed by atoms with Gasteiger partial charge in [0.25, 0.3) is 0 Å². The molecular formula is C12H12ClN3O2. The summed E-state index contributed by atoms with van der Waals surface area (Å²) in [4.78, 5) is 15.2. The summed E-state index contributed by atoms with van der Waals surface area (Å²) in [6, 6.07) is 5.25. The van der Waals surface area contributed by atoms with Gasteiger partial charge in [-0.15, -0.1) is 0 Å². The maximum Gasteiger partial charge on any atom is 0.347 e. The van der Waals surface area contributed by atoms with Crippen LogP contribution in [0.5, 0.6) is 5.75 Å². The number of nitrogens with two attached hydrogens (primary N) is 1. The van der Waals surface area contributed by atoms with Crippen LogP contribution in [-0.4, -0.2) is 16.7 Å². The summed E-state index contributed by atoms with van der Waals surface area (Å²) in [6.07, 6.45) is 2.84. The zero-order chi connectivity index (χ0) is 13.1. The summed E-state index contributed by atoms with van der Waals surface area (Å²) in [6.45, 7) is 0.306. The summed E-state index contributed by atoms with van der Waals surface area (Å²) >= 11 is 5.81. The number of aromatic nitrogens is 2. The Morgan fingerprint density at radius 3 is 3.00 bits per heavy atom. The van der Waals surface area contributed by atoms with Gasteiger partial charge in [0, 0.05) is 17.4 Å². The lowest BCUT2D eigenvalue weighted by atomic mass is 10.1. The number of hydrogen-bond acceptors (Lipinski definition) is 4. The van der Waals surface area contributed by atoms with E-state index in [0.717, 1.165) is 5.56 Å². The molecule has 0 aliphatic carbocycles. The van der Waals surface area contributed by atoms with Gasteiger partial charge in [-0.1, -0.05) is 11.6 Å². The minimum absolute atomic E-state index is 0.306. The molecule has 0 bridgehead atoms. The van der Waals surface area contributed by atoms with Crippen molar-refractivity contribution in [2.45, 2.75) is 6.54 Å². The van der Waals surface area contributed by atoms with Crippen molar-refractivity contribution < 1.29 is 4.74 Å². The van der Waals surface area contributed by atoms with Gasteiger partial charge in [-0.25, -0.2) is 9.78 Å². The molecule has 0 saturated carbocycles. The Labute approximate surface area is 109 Å². The number of benzene rings is 1. The SMILES string of the molecule is COc1ccc(N)cc1Cn1cc(Cl)cnc1=O. The molecule has 5 nitrogen and oxygen atoms in total. The fourth-order valence-electron chi connectivity index (χ4n) is 1.65. The summed E-state index contributed by atoms with van der Waals surface area (Å²) in [5.41, 5.74) is 6.75. The predicted octanol–water partition coefficient (Wildman–Crippen LogP) is 1.54. The molecule has 0 spiro atoms. The molecule has 0 radical (unpaired) electrons. The smallest absolute Gasteiger partial charge is 0.347 e. The van der Waals surface area contributed by atoms with Crippen molar-refractivity contribution in [1.29, 1.82) is 0 Å². The van der Waals surface area contributed by atoms with Crippen LogP contribution in [0, 0.1) is 0 Å². The second kappa shape index (κ2) is 5.10. The lowest BCUT2D eigenvalue weighted by molar-refractivity contribution is 0.408. The van der Waals surface area contributed by atoms with E-state index >= 15 is 0 Å². The molecule has 6 heteroatoms. The van der Waals surface area contributed by atoms with E-state index in [-0.39, 0.29) is 5.69 Å². The van der Waals surface area contributed by atoms with Crippen LogP contribution in [-0.2, 0) is 6.54 Å². The van der Waals surface area contributed by atoms with Crippen molar-refractivity contribution in [3.8, 4) is 5.75 Å². The molecule has 0 fully saturated rings. The average Bonchev–Trinajstić information content (AvgIpc) is 2.34. The third kappa shape index (κ3) is 2.62. The largest absolute Gasteiger partial charge is 0.496 e. The zero-order valence-electron chi connectivity index (χ0n) is 9.76. The topological polar surface area (TPSA) is 70.1 Å². The number of nitrogens with zero attached hydrogens (tertiary/aromatic N) is 2. The molecule has 1 heterocycles. The summed E-state index contributed by atoms with van der Waals surface area (Å²) < 4.78 is 6.62. The molecule has 0 aliphatic rings. The quantitative estimate of drug-likeness (QED) is 0.855. The number of ether oxygens (including phenoxy) is 1. The number of rotatable bonds is 3. The second-order valence-electron chi connectivity index (χ2n) is 3.75. The zero-order valence-corrected chi connectivity index (χ0v) is 10.5. The molecule has 2 aromatic rings. The van der Waals surface area contributed by atoms with Gasteiger partial charge < -0.3 is 10.5 Å². The Hall–Kier alpha value is -2.01. The van der Waals surface area contributed by atoms with Crippen molar-refractivity contribution in [3.63, 3.8) is 0 Å². The van der Waals surface area contributed by atoms with Crippen LogP contribution in [0.1, 0.15) is 5.56 Å². The summed E-state index contributed by atoms with van der Waals surface area (Å²) in [5, 5.41) is 0.400. The maximum atomic E-state index is 11.6. The highest BCUT2D eigenvalue weighted by Crippen LogP contribution is 2.21. The Bertz CT molecular complexity index is 625. The van der Waals surface area contributed by atoms with E-state index in [1.165, 1.54) is 17.0 Å². The van der Waals surface area contributed by atoms with Crippen LogP contribution in [0.25, 0.3) is 0 Å². The lowest BCUT2D eigenvalue weighted by Gasteiger charge is -2.10. The number of hydrogen-bond donors (Lipinski definition) is 1. The normalized spacial score (nSPS) is 10.3. The fourth-order valence-corrected chi connectivity index (χ4v) is 1.81. The van der Waals surface area contributed by atoms with Gasteiger partial charge in [-0.2, -0.15) is 0 Å². The Balaban J connectivity index is 2.42. The van der Waals surface area contributed by atoms with E-state index in [1.807, 2.05) is 0 Å². The first kappa shape index (κ1) is 12.4. The van der Waals surface area contributed by atoms with Gasteiger partial charge in [-0.3, -0.25) is 4.57 Å². The molecule has 1 aromatic heterocycles. The van der Waals surface area contributed by atoms with E-state index in [2.05, 4.69) is 4.98 Å². The second-order valence-corrected chi connectivity index (χ2v) is 4.19. The first-order valence-corrected chi connectivity index (χ1v) is 5.62. The van der Waals surface area contributed by atoms with Crippen LogP contribution in [0.15, 0.2) is 35.4 Å². The van der Waals surface area contributed by atoms with Crippen molar-refractivity contribution in [1.82, 2.24) is 9.55 Å². The van der Waals surface area contributed by atoms with Crippen LogP contribution in [0.4, 0.5) is 5.69 Å². The van der Waals surface area contributed by atoms with Crippen LogP contribution >= 0.6 is 11.6 Å². The molecule has 2 rings (SSSR count).